The number of aromatic nitrogens is 2. The minimum atomic E-state index is -0.227. The highest BCUT2D eigenvalue weighted by Gasteiger charge is 2.47. The quantitative estimate of drug-likeness (QED) is 0.165. The fourth-order valence-electron chi connectivity index (χ4n) is 20.9. The summed E-state index contributed by atoms with van der Waals surface area (Å²) in [7, 11) is 0. The zero-order valence-electron chi connectivity index (χ0n) is 58.6. The van der Waals surface area contributed by atoms with E-state index in [9.17, 15) is 0 Å². The van der Waals surface area contributed by atoms with E-state index < -0.39 is 0 Å². The maximum atomic E-state index is 6.95. The van der Waals surface area contributed by atoms with Crippen LogP contribution in [0.1, 0.15) is 0 Å². The van der Waals surface area contributed by atoms with Gasteiger partial charge >= 0.3 is 13.7 Å². The van der Waals surface area contributed by atoms with Crippen LogP contribution in [0.15, 0.2) is 324 Å². The average molecular weight is 1430 g/mol. The average Bonchev–Trinajstić information content (AvgIpc) is 1.34. The van der Waals surface area contributed by atoms with Crippen LogP contribution in [-0.4, -0.2) is 22.7 Å². The minimum Gasteiger partial charge on any atom is -0.456 e. The molecular weight excluding hydrogens is 1370 g/mol. The van der Waals surface area contributed by atoms with Gasteiger partial charge in [0, 0.05) is 150 Å². The van der Waals surface area contributed by atoms with Gasteiger partial charge in [0.15, 0.2) is 0 Å². The zero-order chi connectivity index (χ0) is 70.8. The molecule has 0 radical (unpaired) electrons. The Morgan fingerprint density at radius 3 is 1.55 bits per heavy atom. The van der Waals surface area contributed by atoms with E-state index in [2.05, 4.69) is 334 Å². The number of furan rings is 2. The lowest BCUT2D eigenvalue weighted by Gasteiger charge is -2.41. The molecule has 0 bridgehead atoms. The summed E-state index contributed by atoms with van der Waals surface area (Å²) in [5.74, 6) is 0. The molecular formula is C100H52B2N4O2S2. The van der Waals surface area contributed by atoms with Crippen LogP contribution < -0.4 is 31.7 Å². The number of para-hydroxylation sites is 4. The SMILES string of the molecule is c1ccc2cc3c(cc2c1)c1cccc2c1n3B1c3cc4sc5ccccc5c4cc3N(c3ccc4sc5ccccc5c4c3)c3cc4cc(-c5ccc6cc7c8cccc9c8n(c7cc6c5)B5c6cc7oc8ccccc8c7cc6N(c6ccc7oc8ccccc8c7c6)c6c5c-9cc5ccccc65)ccc4c-2c31. The summed E-state index contributed by atoms with van der Waals surface area (Å²) in [5.41, 5.74) is 28.0. The molecule has 4 aliphatic rings. The highest BCUT2D eigenvalue weighted by molar-refractivity contribution is 7.26. The summed E-state index contributed by atoms with van der Waals surface area (Å²) in [6, 6.07) is 120. The first kappa shape index (κ1) is 57.6. The smallest absolute Gasteiger partial charge is 0.333 e. The number of hydrogen-bond acceptors (Lipinski definition) is 6. The van der Waals surface area contributed by atoms with Crippen molar-refractivity contribution in [1.29, 1.82) is 0 Å². The second-order valence-electron chi connectivity index (χ2n) is 30.9. The van der Waals surface area contributed by atoms with Crippen LogP contribution in [0.5, 0.6) is 0 Å². The molecule has 10 heteroatoms. The Morgan fingerprint density at radius 1 is 0.255 bits per heavy atom. The third kappa shape index (κ3) is 7.27. The maximum absolute atomic E-state index is 6.95. The topological polar surface area (TPSA) is 42.6 Å². The molecule has 110 heavy (non-hydrogen) atoms. The third-order valence-electron chi connectivity index (χ3n) is 25.5. The predicted octanol–water partition coefficient (Wildman–Crippen LogP) is 25.6. The number of thiophene rings is 2. The first-order valence-corrected chi connectivity index (χ1v) is 39.6. The summed E-state index contributed by atoms with van der Waals surface area (Å²) >= 11 is 3.79. The molecule has 0 saturated heterocycles. The predicted molar refractivity (Wildman–Crippen MR) is 469 cm³/mol. The first-order chi connectivity index (χ1) is 54.5. The number of rotatable bonds is 3. The summed E-state index contributed by atoms with van der Waals surface area (Å²) in [6.07, 6.45) is 0. The van der Waals surface area contributed by atoms with Crippen molar-refractivity contribution in [3.8, 4) is 33.4 Å². The lowest BCUT2D eigenvalue weighted by atomic mass is 9.44. The van der Waals surface area contributed by atoms with Gasteiger partial charge in [0.1, 0.15) is 22.3 Å². The van der Waals surface area contributed by atoms with Crippen LogP contribution in [0.2, 0.25) is 0 Å². The Balaban J connectivity index is 0.685. The van der Waals surface area contributed by atoms with Gasteiger partial charge in [-0.1, -0.05) is 182 Å². The summed E-state index contributed by atoms with van der Waals surface area (Å²) in [4.78, 5) is 5.21. The van der Waals surface area contributed by atoms with Crippen molar-refractivity contribution in [2.45, 2.75) is 0 Å². The van der Waals surface area contributed by atoms with Crippen LogP contribution in [0.3, 0.4) is 0 Å². The zero-order valence-corrected chi connectivity index (χ0v) is 60.2. The van der Waals surface area contributed by atoms with E-state index >= 15 is 0 Å². The van der Waals surface area contributed by atoms with Gasteiger partial charge in [0.05, 0.1) is 5.69 Å². The van der Waals surface area contributed by atoms with Crippen molar-refractivity contribution in [3.63, 3.8) is 0 Å². The normalized spacial score (nSPS) is 13.6. The lowest BCUT2D eigenvalue weighted by Crippen LogP contribution is -2.56. The second-order valence-corrected chi connectivity index (χ2v) is 33.0. The molecule has 4 aliphatic heterocycles. The Bertz CT molecular complexity index is 8500. The Labute approximate surface area is 635 Å². The van der Waals surface area contributed by atoms with E-state index in [0.717, 1.165) is 60.9 Å². The fourth-order valence-corrected chi connectivity index (χ4v) is 23.1. The highest BCUT2D eigenvalue weighted by atomic mass is 32.1. The number of hydrogen-bond donors (Lipinski definition) is 0. The van der Waals surface area contributed by atoms with Crippen molar-refractivity contribution < 1.29 is 8.83 Å². The van der Waals surface area contributed by atoms with E-state index in [4.69, 9.17) is 8.83 Å². The number of nitrogens with zero attached hydrogens (tertiary/aromatic N) is 4. The van der Waals surface area contributed by atoms with E-state index in [-0.39, 0.29) is 13.7 Å². The molecule has 0 saturated carbocycles. The number of fused-ring (bicyclic) bond motifs is 32. The molecule has 0 atom stereocenters. The number of anilines is 6. The molecule has 0 unspecified atom stereocenters. The molecule has 18 aromatic carbocycles. The van der Waals surface area contributed by atoms with Crippen molar-refractivity contribution in [3.05, 3.63) is 315 Å². The van der Waals surface area contributed by atoms with E-state index in [0.29, 0.717) is 0 Å². The van der Waals surface area contributed by atoms with Gasteiger partial charge in [-0.15, -0.1) is 22.7 Å². The molecule has 0 spiro atoms. The third-order valence-corrected chi connectivity index (χ3v) is 27.8. The monoisotopic (exact) mass is 1430 g/mol. The first-order valence-electron chi connectivity index (χ1n) is 38.0. The van der Waals surface area contributed by atoms with E-state index in [1.54, 1.807) is 0 Å². The van der Waals surface area contributed by atoms with Crippen molar-refractivity contribution in [2.24, 2.45) is 0 Å². The molecule has 10 heterocycles. The lowest BCUT2D eigenvalue weighted by molar-refractivity contribution is 0.669. The molecule has 0 N–H and O–H groups in total. The summed E-state index contributed by atoms with van der Waals surface area (Å²) in [5, 5.41) is 24.3. The Hall–Kier alpha value is -13.6. The number of benzene rings is 18. The molecule has 0 aliphatic carbocycles. The maximum Gasteiger partial charge on any atom is 0.333 e. The Kier molecular flexibility index (Phi) is 10.6. The van der Waals surface area contributed by atoms with Gasteiger partial charge in [0.25, 0.3) is 0 Å². The summed E-state index contributed by atoms with van der Waals surface area (Å²) < 4.78 is 24.1. The van der Waals surface area contributed by atoms with Gasteiger partial charge in [0.2, 0.25) is 0 Å². The van der Waals surface area contributed by atoms with Crippen LogP contribution in [0.4, 0.5) is 34.1 Å². The molecule has 6 nitrogen and oxygen atoms in total. The van der Waals surface area contributed by atoms with Crippen LogP contribution in [-0.2, 0) is 0 Å². The highest BCUT2D eigenvalue weighted by Crippen LogP contribution is 2.54. The second kappa shape index (κ2) is 20.3. The molecule has 502 valence electrons. The van der Waals surface area contributed by atoms with Gasteiger partial charge < -0.3 is 27.6 Å². The van der Waals surface area contributed by atoms with Crippen LogP contribution in [0, 0.1) is 0 Å². The summed E-state index contributed by atoms with van der Waals surface area (Å²) in [6.45, 7) is -0.364. The molecule has 28 rings (SSSR count). The van der Waals surface area contributed by atoms with Crippen LogP contribution >= 0.6 is 22.7 Å². The minimum absolute atomic E-state index is 0.138. The van der Waals surface area contributed by atoms with E-state index in [1.807, 2.05) is 22.7 Å². The van der Waals surface area contributed by atoms with E-state index in [1.165, 1.54) is 199 Å². The van der Waals surface area contributed by atoms with Gasteiger partial charge in [-0.2, -0.15) is 0 Å². The van der Waals surface area contributed by atoms with Crippen molar-refractivity contribution in [1.82, 2.24) is 8.96 Å². The Morgan fingerprint density at radius 2 is 0.782 bits per heavy atom. The molecule has 24 aromatic rings. The van der Waals surface area contributed by atoms with Gasteiger partial charge in [-0.25, -0.2) is 0 Å². The molecule has 0 fully saturated rings. The van der Waals surface area contributed by atoms with Crippen molar-refractivity contribution in [2.75, 3.05) is 9.80 Å². The van der Waals surface area contributed by atoms with Gasteiger partial charge in [-0.05, 0) is 215 Å². The fraction of sp³-hybridized carbons (Fsp3) is 0. The van der Waals surface area contributed by atoms with Gasteiger partial charge in [-0.3, -0.25) is 0 Å². The molecule has 0 amide bonds. The standard InChI is InChI=1S/C100H52B2N4O2S2/c1-2-16-54-44-82-73(41-53(54)15-1)70-24-14-26-72-95-63-36-33-56(40-60(63)46-86-97(95)102(106(82)99(70)72)81-52-94-78(68-22-8-12-30-92(68)110-94)50-84(81)103(86)61-35-38-93-77(48-61)67-21-7-11-29-91(67)109-93)55-31-32-57-42-74-69-23-13-25-71-79-43-58-17-3-4-18-64(58)100-96(79)101(105(98(69)71)83(74)45-59(57)39-55)80-51-90-76(66-20-6-10-28-88(66)108-90)49-85(80)104(100)62-34-37-89-75(47-62)65-19-5-9-27-87(65)107-89/h1-52H. The molecule has 6 aromatic heterocycles. The van der Waals surface area contributed by atoms with Crippen molar-refractivity contribution >= 4 is 263 Å². The van der Waals surface area contributed by atoms with Crippen LogP contribution in [0.25, 0.3) is 204 Å². The largest absolute Gasteiger partial charge is 0.456 e.